The summed E-state index contributed by atoms with van der Waals surface area (Å²) in [6, 6.07) is 4.01. The quantitative estimate of drug-likeness (QED) is 0.848. The average molecular weight is 315 g/mol. The van der Waals surface area contributed by atoms with Gasteiger partial charge in [-0.3, -0.25) is 4.90 Å². The van der Waals surface area contributed by atoms with Gasteiger partial charge in [0, 0.05) is 24.8 Å². The minimum atomic E-state index is 0.611. The van der Waals surface area contributed by atoms with Crippen LogP contribution in [0.25, 0.3) is 11.4 Å². The number of hydrogen-bond donors (Lipinski definition) is 0. The molecule has 0 bridgehead atoms. The van der Waals surface area contributed by atoms with E-state index in [0.29, 0.717) is 11.7 Å². The number of anilines is 1. The molecular weight excluding hydrogens is 294 g/mol. The Kier molecular flexibility index (Phi) is 4.21. The molecule has 2 aliphatic heterocycles. The summed E-state index contributed by atoms with van der Waals surface area (Å²) in [5.74, 6) is 2.26. The molecule has 23 heavy (non-hydrogen) atoms. The maximum Gasteiger partial charge on any atom is 0.241 e. The number of nitrogens with zero attached hydrogens (tertiary/aromatic N) is 5. The molecule has 0 aliphatic carbocycles. The van der Waals surface area contributed by atoms with Crippen LogP contribution in [0.3, 0.4) is 0 Å². The molecule has 0 atom stereocenters. The molecule has 0 unspecified atom stereocenters. The fourth-order valence-electron chi connectivity index (χ4n) is 3.07. The van der Waals surface area contributed by atoms with Gasteiger partial charge >= 0.3 is 0 Å². The largest absolute Gasteiger partial charge is 0.378 e. The molecule has 2 aromatic heterocycles. The SMILES string of the molecule is c1cc(N2CCOCC2)ncc1-c1noc(CN2CCCC2)n1. The maximum atomic E-state index is 5.37. The van der Waals surface area contributed by atoms with E-state index in [9.17, 15) is 0 Å². The molecule has 0 spiro atoms. The fourth-order valence-corrected chi connectivity index (χ4v) is 3.07. The number of hydrogen-bond acceptors (Lipinski definition) is 7. The van der Waals surface area contributed by atoms with Crippen molar-refractivity contribution in [2.24, 2.45) is 0 Å². The zero-order valence-electron chi connectivity index (χ0n) is 13.1. The van der Waals surface area contributed by atoms with Crippen molar-refractivity contribution >= 4 is 5.82 Å². The van der Waals surface area contributed by atoms with Gasteiger partial charge in [0.05, 0.1) is 19.8 Å². The highest BCUT2D eigenvalue weighted by atomic mass is 16.5. The first-order valence-corrected chi connectivity index (χ1v) is 8.22. The molecule has 0 N–H and O–H groups in total. The van der Waals surface area contributed by atoms with Crippen molar-refractivity contribution in [3.05, 3.63) is 24.2 Å². The Bertz CT molecular complexity index is 630. The molecule has 7 heteroatoms. The normalized spacial score (nSPS) is 19.4. The van der Waals surface area contributed by atoms with E-state index in [1.165, 1.54) is 12.8 Å². The predicted octanol–water partition coefficient (Wildman–Crippen LogP) is 1.56. The van der Waals surface area contributed by atoms with Crippen LogP contribution in [-0.4, -0.2) is 59.4 Å². The highest BCUT2D eigenvalue weighted by molar-refractivity contribution is 5.55. The summed E-state index contributed by atoms with van der Waals surface area (Å²) >= 11 is 0. The summed E-state index contributed by atoms with van der Waals surface area (Å²) in [6.07, 6.45) is 4.33. The van der Waals surface area contributed by atoms with Gasteiger partial charge in [0.1, 0.15) is 5.82 Å². The van der Waals surface area contributed by atoms with E-state index in [1.54, 1.807) is 0 Å². The lowest BCUT2D eigenvalue weighted by molar-refractivity contribution is 0.122. The fraction of sp³-hybridized carbons (Fsp3) is 0.562. The summed E-state index contributed by atoms with van der Waals surface area (Å²) in [5.41, 5.74) is 0.887. The van der Waals surface area contributed by atoms with Gasteiger partial charge < -0.3 is 14.2 Å². The van der Waals surface area contributed by atoms with Crippen LogP contribution in [0.2, 0.25) is 0 Å². The number of morpholine rings is 1. The van der Waals surface area contributed by atoms with Crippen LogP contribution in [-0.2, 0) is 11.3 Å². The van der Waals surface area contributed by atoms with Crippen LogP contribution in [0.15, 0.2) is 22.9 Å². The predicted molar refractivity (Wildman–Crippen MR) is 85.1 cm³/mol. The summed E-state index contributed by atoms with van der Waals surface area (Å²) < 4.78 is 10.7. The standard InChI is InChI=1S/C16H21N5O2/c1-2-6-20(5-1)12-15-18-16(19-23-15)13-3-4-14(17-11-13)21-7-9-22-10-8-21/h3-4,11H,1-2,5-10,12H2. The molecule has 4 rings (SSSR count). The van der Waals surface area contributed by atoms with Crippen LogP contribution < -0.4 is 4.90 Å². The highest BCUT2D eigenvalue weighted by Gasteiger charge is 2.17. The third-order valence-corrected chi connectivity index (χ3v) is 4.37. The van der Waals surface area contributed by atoms with Gasteiger partial charge in [0.15, 0.2) is 0 Å². The van der Waals surface area contributed by atoms with Gasteiger partial charge in [0.25, 0.3) is 0 Å². The summed E-state index contributed by atoms with van der Waals surface area (Å²) in [7, 11) is 0. The number of pyridine rings is 1. The molecule has 2 aliphatic rings. The Balaban J connectivity index is 1.44. The van der Waals surface area contributed by atoms with E-state index in [0.717, 1.165) is 57.3 Å². The molecule has 0 amide bonds. The lowest BCUT2D eigenvalue weighted by atomic mass is 10.2. The van der Waals surface area contributed by atoms with Crippen LogP contribution in [0.1, 0.15) is 18.7 Å². The lowest BCUT2D eigenvalue weighted by Gasteiger charge is -2.27. The van der Waals surface area contributed by atoms with Crippen molar-refractivity contribution in [3.63, 3.8) is 0 Å². The average Bonchev–Trinajstić information content (AvgIpc) is 3.28. The Morgan fingerprint density at radius 2 is 1.87 bits per heavy atom. The monoisotopic (exact) mass is 315 g/mol. The topological polar surface area (TPSA) is 67.5 Å². The van der Waals surface area contributed by atoms with E-state index < -0.39 is 0 Å². The molecule has 2 fully saturated rings. The van der Waals surface area contributed by atoms with E-state index in [2.05, 4.69) is 24.9 Å². The van der Waals surface area contributed by atoms with Crippen molar-refractivity contribution in [1.29, 1.82) is 0 Å². The van der Waals surface area contributed by atoms with Gasteiger partial charge in [-0.1, -0.05) is 5.16 Å². The highest BCUT2D eigenvalue weighted by Crippen LogP contribution is 2.20. The van der Waals surface area contributed by atoms with E-state index in [-0.39, 0.29) is 0 Å². The maximum absolute atomic E-state index is 5.37. The molecular formula is C16H21N5O2. The Hall–Kier alpha value is -1.99. The second kappa shape index (κ2) is 6.64. The van der Waals surface area contributed by atoms with Crippen molar-refractivity contribution in [1.82, 2.24) is 20.0 Å². The summed E-state index contributed by atoms with van der Waals surface area (Å²) in [5, 5.41) is 4.08. The third kappa shape index (κ3) is 3.35. The Morgan fingerprint density at radius 1 is 1.04 bits per heavy atom. The number of rotatable bonds is 4. The second-order valence-corrected chi connectivity index (χ2v) is 6.00. The number of likely N-dealkylation sites (tertiary alicyclic amines) is 1. The van der Waals surface area contributed by atoms with Gasteiger partial charge in [-0.2, -0.15) is 4.98 Å². The van der Waals surface area contributed by atoms with E-state index >= 15 is 0 Å². The van der Waals surface area contributed by atoms with Crippen molar-refractivity contribution < 1.29 is 9.26 Å². The van der Waals surface area contributed by atoms with Gasteiger partial charge in [-0.15, -0.1) is 0 Å². The van der Waals surface area contributed by atoms with Crippen molar-refractivity contribution in [3.8, 4) is 11.4 Å². The lowest BCUT2D eigenvalue weighted by Crippen LogP contribution is -2.36. The molecule has 2 aromatic rings. The van der Waals surface area contributed by atoms with E-state index in [4.69, 9.17) is 9.26 Å². The van der Waals surface area contributed by atoms with Crippen LogP contribution in [0.4, 0.5) is 5.82 Å². The summed E-state index contributed by atoms with van der Waals surface area (Å²) in [6.45, 7) is 6.26. The zero-order valence-corrected chi connectivity index (χ0v) is 13.1. The molecule has 122 valence electrons. The summed E-state index contributed by atoms with van der Waals surface area (Å²) in [4.78, 5) is 13.6. The van der Waals surface area contributed by atoms with Crippen molar-refractivity contribution in [2.45, 2.75) is 19.4 Å². The first-order valence-electron chi connectivity index (χ1n) is 8.22. The molecule has 4 heterocycles. The molecule has 7 nitrogen and oxygen atoms in total. The minimum Gasteiger partial charge on any atom is -0.378 e. The first-order chi connectivity index (χ1) is 11.4. The number of ether oxygens (including phenoxy) is 1. The zero-order chi connectivity index (χ0) is 15.5. The van der Waals surface area contributed by atoms with Gasteiger partial charge in [-0.25, -0.2) is 4.98 Å². The smallest absolute Gasteiger partial charge is 0.241 e. The Morgan fingerprint density at radius 3 is 2.61 bits per heavy atom. The minimum absolute atomic E-state index is 0.611. The van der Waals surface area contributed by atoms with Gasteiger partial charge in [0.2, 0.25) is 11.7 Å². The van der Waals surface area contributed by atoms with Crippen LogP contribution in [0, 0.1) is 0 Å². The third-order valence-electron chi connectivity index (χ3n) is 4.37. The van der Waals surface area contributed by atoms with Crippen molar-refractivity contribution in [2.75, 3.05) is 44.3 Å². The van der Waals surface area contributed by atoms with Crippen LogP contribution in [0.5, 0.6) is 0 Å². The molecule has 0 radical (unpaired) electrons. The molecule has 2 saturated heterocycles. The number of aromatic nitrogens is 3. The van der Waals surface area contributed by atoms with E-state index in [1.807, 2.05) is 18.3 Å². The second-order valence-electron chi connectivity index (χ2n) is 6.00. The Labute approximate surface area is 135 Å². The van der Waals surface area contributed by atoms with Crippen LogP contribution >= 0.6 is 0 Å². The first kappa shape index (κ1) is 14.6. The molecule has 0 aromatic carbocycles. The molecule has 0 saturated carbocycles. The van der Waals surface area contributed by atoms with Gasteiger partial charge in [-0.05, 0) is 38.1 Å².